The van der Waals surface area contributed by atoms with Crippen LogP contribution in [0.2, 0.25) is 0 Å². The van der Waals surface area contributed by atoms with Gasteiger partial charge in [0.2, 0.25) is 5.91 Å². The van der Waals surface area contributed by atoms with Crippen LogP contribution in [0.5, 0.6) is 5.75 Å². The Bertz CT molecular complexity index is 1420. The first-order valence-corrected chi connectivity index (χ1v) is 11.7. The van der Waals surface area contributed by atoms with Gasteiger partial charge in [-0.05, 0) is 49.7 Å². The minimum Gasteiger partial charge on any atom is -0.497 e. The monoisotopic (exact) mass is 481 g/mol. The standard InChI is InChI=1S/C24H24FN5O3S/c1-4-30-22-21(15(2)28-30)27-24(34-14-20(31)26-18-9-6-8-17(25)12-18)29(23(22)32)13-16-7-5-10-19(11-16)33-3/h5-12H,4,13-14H2,1-3H3,(H,26,31). The van der Waals surface area contributed by atoms with Crippen LogP contribution in [0.25, 0.3) is 11.0 Å². The number of ether oxygens (including phenoxy) is 1. The Morgan fingerprint density at radius 3 is 2.74 bits per heavy atom. The molecule has 0 radical (unpaired) electrons. The number of halogens is 1. The Labute approximate surface area is 199 Å². The first-order chi connectivity index (χ1) is 16.4. The molecule has 1 N–H and O–H groups in total. The second-order valence-electron chi connectivity index (χ2n) is 7.58. The van der Waals surface area contributed by atoms with Crippen LogP contribution in [-0.4, -0.2) is 38.1 Å². The number of nitrogens with zero attached hydrogens (tertiary/aromatic N) is 4. The lowest BCUT2D eigenvalue weighted by molar-refractivity contribution is -0.113. The van der Waals surface area contributed by atoms with Crippen LogP contribution < -0.4 is 15.6 Å². The highest BCUT2D eigenvalue weighted by atomic mass is 32.2. The van der Waals surface area contributed by atoms with Crippen molar-refractivity contribution >= 4 is 34.4 Å². The summed E-state index contributed by atoms with van der Waals surface area (Å²) in [5.74, 6) is -0.0993. The normalized spacial score (nSPS) is 11.1. The maximum Gasteiger partial charge on any atom is 0.280 e. The molecule has 10 heteroatoms. The molecule has 8 nitrogen and oxygen atoms in total. The predicted molar refractivity (Wildman–Crippen MR) is 130 cm³/mol. The van der Waals surface area contributed by atoms with Gasteiger partial charge in [-0.3, -0.25) is 18.8 Å². The second kappa shape index (κ2) is 10.1. The van der Waals surface area contributed by atoms with E-state index in [-0.39, 0.29) is 23.8 Å². The van der Waals surface area contributed by atoms with Crippen molar-refractivity contribution in [3.05, 3.63) is 76.0 Å². The first kappa shape index (κ1) is 23.5. The summed E-state index contributed by atoms with van der Waals surface area (Å²) in [4.78, 5) is 30.8. The molecule has 0 saturated carbocycles. The molecule has 0 aliphatic rings. The number of benzene rings is 2. The maximum absolute atomic E-state index is 13.5. The summed E-state index contributed by atoms with van der Waals surface area (Å²) in [6.45, 7) is 4.50. The number of aromatic nitrogens is 4. The van der Waals surface area contributed by atoms with Crippen molar-refractivity contribution in [1.29, 1.82) is 0 Å². The average Bonchev–Trinajstić information content (AvgIpc) is 3.15. The number of hydrogen-bond donors (Lipinski definition) is 1. The average molecular weight is 482 g/mol. The van der Waals surface area contributed by atoms with Crippen LogP contribution in [0.15, 0.2) is 58.5 Å². The number of methoxy groups -OCH3 is 1. The topological polar surface area (TPSA) is 91.0 Å². The zero-order valence-corrected chi connectivity index (χ0v) is 19.9. The number of carbonyl (C=O) groups is 1. The van der Waals surface area contributed by atoms with Crippen LogP contribution >= 0.6 is 11.8 Å². The molecule has 176 valence electrons. The van der Waals surface area contributed by atoms with Gasteiger partial charge in [0.15, 0.2) is 10.7 Å². The summed E-state index contributed by atoms with van der Waals surface area (Å²) < 4.78 is 21.9. The van der Waals surface area contributed by atoms with Crippen LogP contribution in [0, 0.1) is 12.7 Å². The molecular weight excluding hydrogens is 457 g/mol. The number of rotatable bonds is 8. The van der Waals surface area contributed by atoms with E-state index in [4.69, 9.17) is 9.72 Å². The van der Waals surface area contributed by atoms with Crippen molar-refractivity contribution in [3.8, 4) is 5.75 Å². The Kier molecular flexibility index (Phi) is 6.97. The molecule has 2 heterocycles. The van der Waals surface area contributed by atoms with Crippen molar-refractivity contribution < 1.29 is 13.9 Å². The number of anilines is 1. The molecule has 2 aromatic carbocycles. The Hall–Kier alpha value is -3.66. The zero-order chi connectivity index (χ0) is 24.2. The molecule has 0 aliphatic carbocycles. The number of thioether (sulfide) groups is 1. The minimum atomic E-state index is -0.437. The molecule has 34 heavy (non-hydrogen) atoms. The van der Waals surface area contributed by atoms with E-state index < -0.39 is 5.82 Å². The van der Waals surface area contributed by atoms with E-state index >= 15 is 0 Å². The van der Waals surface area contributed by atoms with E-state index in [0.717, 1.165) is 17.3 Å². The number of aryl methyl sites for hydroxylation is 2. The molecule has 0 spiro atoms. The molecule has 0 aliphatic heterocycles. The number of nitrogens with one attached hydrogen (secondary N) is 1. The fraction of sp³-hybridized carbons (Fsp3) is 0.250. The van der Waals surface area contributed by atoms with Gasteiger partial charge in [-0.1, -0.05) is 30.0 Å². The second-order valence-corrected chi connectivity index (χ2v) is 8.53. The first-order valence-electron chi connectivity index (χ1n) is 10.7. The largest absolute Gasteiger partial charge is 0.497 e. The summed E-state index contributed by atoms with van der Waals surface area (Å²) in [7, 11) is 1.58. The predicted octanol–water partition coefficient (Wildman–Crippen LogP) is 3.85. The van der Waals surface area contributed by atoms with Crippen molar-refractivity contribution in [3.63, 3.8) is 0 Å². The summed E-state index contributed by atoms with van der Waals surface area (Å²) in [5, 5.41) is 7.50. The van der Waals surface area contributed by atoms with Gasteiger partial charge in [-0.15, -0.1) is 0 Å². The van der Waals surface area contributed by atoms with Crippen LogP contribution in [0.1, 0.15) is 18.2 Å². The molecular formula is C24H24FN5O3S. The number of carbonyl (C=O) groups excluding carboxylic acids is 1. The lowest BCUT2D eigenvalue weighted by Crippen LogP contribution is -2.26. The minimum absolute atomic E-state index is 0.00642. The SMILES string of the molecule is CCn1nc(C)c2nc(SCC(=O)Nc3cccc(F)c3)n(Cc3cccc(OC)c3)c(=O)c21. The smallest absolute Gasteiger partial charge is 0.280 e. The molecule has 0 bridgehead atoms. The molecule has 0 atom stereocenters. The summed E-state index contributed by atoms with van der Waals surface area (Å²) in [6, 6.07) is 13.1. The molecule has 0 unspecified atom stereocenters. The maximum atomic E-state index is 13.5. The van der Waals surface area contributed by atoms with E-state index in [1.807, 2.05) is 31.2 Å². The molecule has 2 aromatic heterocycles. The van der Waals surface area contributed by atoms with Gasteiger partial charge in [-0.2, -0.15) is 5.10 Å². The summed E-state index contributed by atoms with van der Waals surface area (Å²) >= 11 is 1.14. The third-order valence-corrected chi connectivity index (χ3v) is 6.17. The lowest BCUT2D eigenvalue weighted by Gasteiger charge is -2.13. The summed E-state index contributed by atoms with van der Waals surface area (Å²) in [6.07, 6.45) is 0. The fourth-order valence-electron chi connectivity index (χ4n) is 3.61. The third kappa shape index (κ3) is 4.96. The van der Waals surface area contributed by atoms with Gasteiger partial charge in [0, 0.05) is 12.2 Å². The number of amides is 1. The molecule has 0 fully saturated rings. The number of hydrogen-bond acceptors (Lipinski definition) is 6. The van der Waals surface area contributed by atoms with Gasteiger partial charge >= 0.3 is 0 Å². The van der Waals surface area contributed by atoms with E-state index in [2.05, 4.69) is 10.4 Å². The van der Waals surface area contributed by atoms with Gasteiger partial charge in [0.05, 0.1) is 25.1 Å². The van der Waals surface area contributed by atoms with E-state index in [9.17, 15) is 14.0 Å². The van der Waals surface area contributed by atoms with E-state index in [0.29, 0.717) is 39.9 Å². The van der Waals surface area contributed by atoms with E-state index in [1.54, 1.807) is 29.3 Å². The van der Waals surface area contributed by atoms with Gasteiger partial charge < -0.3 is 10.1 Å². The number of fused-ring (bicyclic) bond motifs is 1. The fourth-order valence-corrected chi connectivity index (χ4v) is 4.41. The van der Waals surface area contributed by atoms with Gasteiger partial charge in [0.25, 0.3) is 5.56 Å². The third-order valence-electron chi connectivity index (χ3n) is 5.20. The highest BCUT2D eigenvalue weighted by Gasteiger charge is 2.19. The van der Waals surface area contributed by atoms with Crippen LogP contribution in [-0.2, 0) is 17.9 Å². The molecule has 1 amide bonds. The van der Waals surface area contributed by atoms with Crippen molar-refractivity contribution in [2.24, 2.45) is 0 Å². The lowest BCUT2D eigenvalue weighted by atomic mass is 10.2. The quantitative estimate of drug-likeness (QED) is 0.304. The van der Waals surface area contributed by atoms with Crippen molar-refractivity contribution in [2.45, 2.75) is 32.1 Å². The van der Waals surface area contributed by atoms with E-state index in [1.165, 1.54) is 18.2 Å². The van der Waals surface area contributed by atoms with Crippen molar-refractivity contribution in [1.82, 2.24) is 19.3 Å². The highest BCUT2D eigenvalue weighted by molar-refractivity contribution is 7.99. The molecule has 4 aromatic rings. The van der Waals surface area contributed by atoms with Gasteiger partial charge in [-0.25, -0.2) is 9.37 Å². The molecule has 0 saturated heterocycles. The van der Waals surface area contributed by atoms with Crippen LogP contribution in [0.3, 0.4) is 0 Å². The Morgan fingerprint density at radius 2 is 2.00 bits per heavy atom. The molecule has 4 rings (SSSR count). The van der Waals surface area contributed by atoms with Crippen molar-refractivity contribution in [2.75, 3.05) is 18.2 Å². The highest BCUT2D eigenvalue weighted by Crippen LogP contribution is 2.22. The Morgan fingerprint density at radius 1 is 1.21 bits per heavy atom. The summed E-state index contributed by atoms with van der Waals surface area (Å²) in [5.41, 5.74) is 2.57. The zero-order valence-electron chi connectivity index (χ0n) is 19.0. The van der Waals surface area contributed by atoms with Crippen LogP contribution in [0.4, 0.5) is 10.1 Å². The van der Waals surface area contributed by atoms with Gasteiger partial charge in [0.1, 0.15) is 17.1 Å². The Balaban J connectivity index is 1.68.